The molecule has 1 heterocycles. The Morgan fingerprint density at radius 2 is 2.00 bits per heavy atom. The number of hydrogen-bond acceptors (Lipinski definition) is 5. The minimum Gasteiger partial charge on any atom is -0.481 e. The second-order valence-corrected chi connectivity index (χ2v) is 6.98. The predicted molar refractivity (Wildman–Crippen MR) is 104 cm³/mol. The lowest BCUT2D eigenvalue weighted by molar-refractivity contribution is -0.143. The van der Waals surface area contributed by atoms with Crippen molar-refractivity contribution >= 4 is 33.4 Å². The number of fused-ring (bicyclic) bond motifs is 1. The van der Waals surface area contributed by atoms with Crippen LogP contribution in [0.15, 0.2) is 47.5 Å². The molecule has 8 heteroatoms. The number of esters is 1. The number of aryl methyl sites for hydroxylation is 1. The smallest absolute Gasteiger partial charge is 0.326 e. The van der Waals surface area contributed by atoms with Crippen molar-refractivity contribution in [2.75, 3.05) is 13.2 Å². The minimum absolute atomic E-state index is 0.0163. The first-order valence-electron chi connectivity index (χ1n) is 8.68. The Balaban J connectivity index is 1.90. The largest absolute Gasteiger partial charge is 0.481 e. The zero-order valence-electron chi connectivity index (χ0n) is 15.5. The third-order valence-electron chi connectivity index (χ3n) is 3.84. The van der Waals surface area contributed by atoms with E-state index < -0.39 is 24.3 Å². The molecule has 0 saturated carbocycles. The first-order valence-corrected chi connectivity index (χ1v) is 9.50. The Morgan fingerprint density at radius 1 is 1.21 bits per heavy atom. The predicted octanol–water partition coefficient (Wildman–Crippen LogP) is 3.22. The zero-order valence-corrected chi connectivity index (χ0v) is 16.3. The van der Waals surface area contributed by atoms with Crippen LogP contribution in [0.4, 0.5) is 4.39 Å². The molecule has 3 rings (SSSR count). The number of ether oxygens (including phenoxy) is 2. The van der Waals surface area contributed by atoms with Crippen molar-refractivity contribution in [3.05, 3.63) is 58.6 Å². The van der Waals surface area contributed by atoms with E-state index in [1.165, 1.54) is 29.5 Å². The van der Waals surface area contributed by atoms with Crippen molar-refractivity contribution in [3.63, 3.8) is 0 Å². The van der Waals surface area contributed by atoms with Crippen LogP contribution in [-0.4, -0.2) is 29.7 Å². The number of thiazole rings is 1. The molecule has 0 fully saturated rings. The van der Waals surface area contributed by atoms with Gasteiger partial charge in [-0.2, -0.15) is 4.99 Å². The third-order valence-corrected chi connectivity index (χ3v) is 4.88. The summed E-state index contributed by atoms with van der Waals surface area (Å²) in [6.45, 7) is 3.48. The summed E-state index contributed by atoms with van der Waals surface area (Å²) in [7, 11) is 0. The maximum Gasteiger partial charge on any atom is 0.326 e. The number of rotatable bonds is 6. The van der Waals surface area contributed by atoms with Gasteiger partial charge in [-0.15, -0.1) is 0 Å². The SMILES string of the molecule is CCOC(=O)Cn1c(=NC(=O)COc2ccccc2F)sc2cc(C)ccc21. The fraction of sp³-hybridized carbons (Fsp3) is 0.250. The summed E-state index contributed by atoms with van der Waals surface area (Å²) in [6, 6.07) is 11.6. The highest BCUT2D eigenvalue weighted by molar-refractivity contribution is 7.16. The number of hydrogen-bond donors (Lipinski definition) is 0. The van der Waals surface area contributed by atoms with Gasteiger partial charge in [0.2, 0.25) is 0 Å². The van der Waals surface area contributed by atoms with E-state index in [9.17, 15) is 14.0 Å². The van der Waals surface area contributed by atoms with E-state index in [1.807, 2.05) is 25.1 Å². The quantitative estimate of drug-likeness (QED) is 0.594. The van der Waals surface area contributed by atoms with Crippen molar-refractivity contribution in [2.24, 2.45) is 4.99 Å². The lowest BCUT2D eigenvalue weighted by Crippen LogP contribution is -2.24. The third kappa shape index (κ3) is 4.64. The summed E-state index contributed by atoms with van der Waals surface area (Å²) in [5, 5.41) is 0. The number of nitrogens with zero attached hydrogens (tertiary/aromatic N) is 2. The monoisotopic (exact) mass is 402 g/mol. The molecule has 146 valence electrons. The van der Waals surface area contributed by atoms with Crippen LogP contribution in [-0.2, 0) is 20.9 Å². The van der Waals surface area contributed by atoms with Gasteiger partial charge in [0.25, 0.3) is 5.91 Å². The maximum absolute atomic E-state index is 13.6. The highest BCUT2D eigenvalue weighted by atomic mass is 32.1. The number of benzene rings is 2. The van der Waals surface area contributed by atoms with Crippen LogP contribution in [0.25, 0.3) is 10.2 Å². The first-order chi connectivity index (χ1) is 13.5. The van der Waals surface area contributed by atoms with E-state index in [0.717, 1.165) is 15.8 Å². The molecule has 1 aromatic heterocycles. The lowest BCUT2D eigenvalue weighted by atomic mass is 10.2. The van der Waals surface area contributed by atoms with Crippen LogP contribution >= 0.6 is 11.3 Å². The van der Waals surface area contributed by atoms with Gasteiger partial charge in [0, 0.05) is 0 Å². The fourth-order valence-electron chi connectivity index (χ4n) is 2.59. The summed E-state index contributed by atoms with van der Waals surface area (Å²) < 4.78 is 26.4. The Bertz CT molecular complexity index is 1090. The van der Waals surface area contributed by atoms with Crippen LogP contribution in [0.5, 0.6) is 5.75 Å². The Labute approximate surface area is 164 Å². The summed E-state index contributed by atoms with van der Waals surface area (Å²) >= 11 is 1.29. The molecule has 0 N–H and O–H groups in total. The van der Waals surface area contributed by atoms with Crippen LogP contribution in [0, 0.1) is 12.7 Å². The Kier molecular flexibility index (Phi) is 6.20. The average Bonchev–Trinajstić information content (AvgIpc) is 2.97. The normalized spacial score (nSPS) is 11.6. The molecular weight excluding hydrogens is 383 g/mol. The molecule has 0 radical (unpaired) electrons. The molecule has 3 aromatic rings. The Hall–Kier alpha value is -3.00. The second-order valence-electron chi connectivity index (χ2n) is 5.97. The Morgan fingerprint density at radius 3 is 2.75 bits per heavy atom. The fourth-order valence-corrected chi connectivity index (χ4v) is 3.74. The van der Waals surface area contributed by atoms with Gasteiger partial charge < -0.3 is 14.0 Å². The molecule has 0 unspecified atom stereocenters. The van der Waals surface area contributed by atoms with Gasteiger partial charge in [0.15, 0.2) is 23.0 Å². The highest BCUT2D eigenvalue weighted by Crippen LogP contribution is 2.19. The van der Waals surface area contributed by atoms with Crippen LogP contribution in [0.3, 0.4) is 0 Å². The molecule has 0 aliphatic heterocycles. The molecule has 0 aliphatic carbocycles. The topological polar surface area (TPSA) is 69.9 Å². The van der Waals surface area contributed by atoms with Gasteiger partial charge in [0.05, 0.1) is 16.8 Å². The number of carbonyl (C=O) groups excluding carboxylic acids is 2. The minimum atomic E-state index is -0.580. The van der Waals surface area contributed by atoms with Gasteiger partial charge in [0.1, 0.15) is 6.54 Å². The van der Waals surface area contributed by atoms with E-state index >= 15 is 0 Å². The molecule has 28 heavy (non-hydrogen) atoms. The molecule has 0 aliphatic rings. The van der Waals surface area contributed by atoms with Crippen molar-refractivity contribution < 1.29 is 23.5 Å². The van der Waals surface area contributed by atoms with E-state index in [-0.39, 0.29) is 18.9 Å². The van der Waals surface area contributed by atoms with Crippen LogP contribution < -0.4 is 9.54 Å². The van der Waals surface area contributed by atoms with Crippen molar-refractivity contribution in [1.82, 2.24) is 4.57 Å². The summed E-state index contributed by atoms with van der Waals surface area (Å²) in [5.41, 5.74) is 1.84. The van der Waals surface area contributed by atoms with E-state index in [0.29, 0.717) is 4.80 Å². The number of para-hydroxylation sites is 1. The van der Waals surface area contributed by atoms with E-state index in [4.69, 9.17) is 9.47 Å². The molecule has 0 saturated heterocycles. The molecular formula is C20H19FN2O4S. The van der Waals surface area contributed by atoms with Gasteiger partial charge in [-0.1, -0.05) is 29.5 Å². The standard InChI is InChI=1S/C20H19FN2O4S/c1-3-26-19(25)11-23-15-9-8-13(2)10-17(15)28-20(23)22-18(24)12-27-16-7-5-4-6-14(16)21/h4-10H,3,11-12H2,1-2H3. The number of carbonyl (C=O) groups is 2. The second kappa shape index (κ2) is 8.79. The van der Waals surface area contributed by atoms with Gasteiger partial charge in [-0.25, -0.2) is 4.39 Å². The molecule has 0 atom stereocenters. The maximum atomic E-state index is 13.6. The lowest BCUT2D eigenvalue weighted by Gasteiger charge is -2.06. The molecule has 1 amide bonds. The average molecular weight is 402 g/mol. The molecule has 0 spiro atoms. The highest BCUT2D eigenvalue weighted by Gasteiger charge is 2.13. The summed E-state index contributed by atoms with van der Waals surface area (Å²) in [6.07, 6.45) is 0. The summed E-state index contributed by atoms with van der Waals surface area (Å²) in [4.78, 5) is 28.7. The van der Waals surface area contributed by atoms with Crippen molar-refractivity contribution in [1.29, 1.82) is 0 Å². The number of aromatic nitrogens is 1. The zero-order chi connectivity index (χ0) is 20.1. The summed E-state index contributed by atoms with van der Waals surface area (Å²) in [5.74, 6) is -1.56. The first kappa shape index (κ1) is 19.8. The van der Waals surface area contributed by atoms with E-state index in [2.05, 4.69) is 4.99 Å². The molecule has 0 bridgehead atoms. The van der Waals surface area contributed by atoms with Crippen molar-refractivity contribution in [2.45, 2.75) is 20.4 Å². The van der Waals surface area contributed by atoms with Gasteiger partial charge in [-0.3, -0.25) is 9.59 Å². The van der Waals surface area contributed by atoms with Crippen LogP contribution in [0.2, 0.25) is 0 Å². The van der Waals surface area contributed by atoms with Gasteiger partial charge in [-0.05, 0) is 43.7 Å². The number of halogens is 1. The van der Waals surface area contributed by atoms with Crippen LogP contribution in [0.1, 0.15) is 12.5 Å². The van der Waals surface area contributed by atoms with Crippen molar-refractivity contribution in [3.8, 4) is 5.75 Å². The van der Waals surface area contributed by atoms with E-state index in [1.54, 1.807) is 17.6 Å². The molecule has 2 aromatic carbocycles. The number of amides is 1. The molecule has 6 nitrogen and oxygen atoms in total. The van der Waals surface area contributed by atoms with Gasteiger partial charge >= 0.3 is 5.97 Å².